The zero-order chi connectivity index (χ0) is 16.9. The zero-order valence-electron chi connectivity index (χ0n) is 13.4. The van der Waals surface area contributed by atoms with Gasteiger partial charge in [-0.2, -0.15) is 0 Å². The van der Waals surface area contributed by atoms with E-state index in [0.29, 0.717) is 12.1 Å². The topological polar surface area (TPSA) is 64.4 Å². The first-order valence-corrected chi connectivity index (χ1v) is 8.07. The maximum Gasteiger partial charge on any atom is 0.259 e. The predicted octanol–water partition coefficient (Wildman–Crippen LogP) is 3.97. The SMILES string of the molecule is N=C/C(C(=O)N1CCCC1c1ccccc1)=C(\O)c1ccccc1. The fraction of sp³-hybridized carbons (Fsp3) is 0.200. The standard InChI is InChI=1S/C20H20N2O2/c21-14-17(19(23)16-10-5-2-6-11-16)20(24)22-13-7-12-18(22)15-8-3-1-4-9-15/h1-6,8-11,14,18,21,23H,7,12-13H2/b19-17+,21-14?. The highest BCUT2D eigenvalue weighted by Gasteiger charge is 2.32. The lowest BCUT2D eigenvalue weighted by Crippen LogP contribution is -2.32. The molecule has 1 saturated heterocycles. The molecule has 3 rings (SSSR count). The number of aliphatic hydroxyl groups excluding tert-OH is 1. The third-order valence-corrected chi connectivity index (χ3v) is 4.38. The number of nitrogens with one attached hydrogen (secondary N) is 1. The lowest BCUT2D eigenvalue weighted by molar-refractivity contribution is -0.127. The molecule has 1 aliphatic rings. The molecule has 2 aromatic carbocycles. The number of amides is 1. The van der Waals surface area contributed by atoms with E-state index in [-0.39, 0.29) is 23.3 Å². The molecule has 0 aromatic heterocycles. The van der Waals surface area contributed by atoms with E-state index in [2.05, 4.69) is 0 Å². The monoisotopic (exact) mass is 320 g/mol. The van der Waals surface area contributed by atoms with Gasteiger partial charge in [-0.1, -0.05) is 60.7 Å². The van der Waals surface area contributed by atoms with Gasteiger partial charge in [0.2, 0.25) is 0 Å². The van der Waals surface area contributed by atoms with Crippen LogP contribution in [0.25, 0.3) is 5.76 Å². The Morgan fingerprint density at radius 1 is 1.08 bits per heavy atom. The molecule has 4 heteroatoms. The molecule has 1 amide bonds. The maximum atomic E-state index is 12.9. The molecule has 2 N–H and O–H groups in total. The summed E-state index contributed by atoms with van der Waals surface area (Å²) in [6.45, 7) is 0.637. The van der Waals surface area contributed by atoms with Crippen molar-refractivity contribution in [1.29, 1.82) is 5.41 Å². The van der Waals surface area contributed by atoms with Crippen LogP contribution in [0.1, 0.15) is 30.0 Å². The smallest absolute Gasteiger partial charge is 0.259 e. The zero-order valence-corrected chi connectivity index (χ0v) is 13.4. The molecule has 0 bridgehead atoms. The molecular formula is C20H20N2O2. The van der Waals surface area contributed by atoms with Crippen LogP contribution in [0.4, 0.5) is 0 Å². The van der Waals surface area contributed by atoms with Gasteiger partial charge in [0.15, 0.2) is 0 Å². The predicted molar refractivity (Wildman–Crippen MR) is 94.9 cm³/mol. The van der Waals surface area contributed by atoms with Crippen molar-refractivity contribution in [2.45, 2.75) is 18.9 Å². The molecule has 2 aromatic rings. The number of rotatable bonds is 4. The second-order valence-corrected chi connectivity index (χ2v) is 5.84. The molecule has 0 saturated carbocycles. The fourth-order valence-corrected chi connectivity index (χ4v) is 3.17. The molecule has 0 aliphatic carbocycles. The number of nitrogens with zero attached hydrogens (tertiary/aromatic N) is 1. The molecule has 1 heterocycles. The van der Waals surface area contributed by atoms with Crippen LogP contribution in [-0.2, 0) is 4.79 Å². The maximum absolute atomic E-state index is 12.9. The van der Waals surface area contributed by atoms with Crippen LogP contribution in [-0.4, -0.2) is 28.7 Å². The second kappa shape index (κ2) is 7.13. The molecule has 0 radical (unpaired) electrons. The first-order chi connectivity index (χ1) is 11.7. The third-order valence-electron chi connectivity index (χ3n) is 4.38. The van der Waals surface area contributed by atoms with Crippen molar-refractivity contribution in [2.24, 2.45) is 0 Å². The van der Waals surface area contributed by atoms with Crippen molar-refractivity contribution in [3.63, 3.8) is 0 Å². The lowest BCUT2D eigenvalue weighted by Gasteiger charge is -2.25. The van der Waals surface area contributed by atoms with Crippen LogP contribution in [0.5, 0.6) is 0 Å². The first kappa shape index (κ1) is 16.0. The number of likely N-dealkylation sites (tertiary alicyclic amines) is 1. The van der Waals surface area contributed by atoms with Crippen molar-refractivity contribution < 1.29 is 9.90 Å². The molecule has 4 nitrogen and oxygen atoms in total. The summed E-state index contributed by atoms with van der Waals surface area (Å²) < 4.78 is 0. The van der Waals surface area contributed by atoms with Crippen LogP contribution < -0.4 is 0 Å². The van der Waals surface area contributed by atoms with E-state index in [9.17, 15) is 9.90 Å². The number of aliphatic hydroxyl groups is 1. The Morgan fingerprint density at radius 3 is 2.33 bits per heavy atom. The van der Waals surface area contributed by atoms with Gasteiger partial charge in [0.1, 0.15) is 5.76 Å². The summed E-state index contributed by atoms with van der Waals surface area (Å²) in [5.41, 5.74) is 1.66. The Kier molecular flexibility index (Phi) is 4.75. The van der Waals surface area contributed by atoms with Gasteiger partial charge in [0.05, 0.1) is 11.6 Å². The van der Waals surface area contributed by atoms with E-state index in [1.165, 1.54) is 0 Å². The highest BCUT2D eigenvalue weighted by Crippen LogP contribution is 2.33. The summed E-state index contributed by atoms with van der Waals surface area (Å²) >= 11 is 0. The summed E-state index contributed by atoms with van der Waals surface area (Å²) in [5, 5.41) is 18.1. The summed E-state index contributed by atoms with van der Waals surface area (Å²) in [6, 6.07) is 18.8. The Labute approximate surface area is 141 Å². The lowest BCUT2D eigenvalue weighted by atomic mass is 10.0. The van der Waals surface area contributed by atoms with E-state index in [1.54, 1.807) is 29.2 Å². The second-order valence-electron chi connectivity index (χ2n) is 5.84. The quantitative estimate of drug-likeness (QED) is 0.508. The first-order valence-electron chi connectivity index (χ1n) is 8.07. The molecule has 1 fully saturated rings. The van der Waals surface area contributed by atoms with Gasteiger partial charge in [-0.15, -0.1) is 0 Å². The molecule has 1 unspecified atom stereocenters. The van der Waals surface area contributed by atoms with E-state index >= 15 is 0 Å². The van der Waals surface area contributed by atoms with Crippen molar-refractivity contribution in [3.8, 4) is 0 Å². The van der Waals surface area contributed by atoms with Crippen LogP contribution >= 0.6 is 0 Å². The van der Waals surface area contributed by atoms with E-state index in [1.807, 2.05) is 36.4 Å². The van der Waals surface area contributed by atoms with Crippen molar-refractivity contribution >= 4 is 17.9 Å². The van der Waals surface area contributed by atoms with Gasteiger partial charge in [0.25, 0.3) is 5.91 Å². The van der Waals surface area contributed by atoms with Crippen molar-refractivity contribution in [1.82, 2.24) is 4.90 Å². The van der Waals surface area contributed by atoms with E-state index in [4.69, 9.17) is 5.41 Å². The molecular weight excluding hydrogens is 300 g/mol. The van der Waals surface area contributed by atoms with Crippen molar-refractivity contribution in [3.05, 3.63) is 77.4 Å². The number of benzene rings is 2. The Morgan fingerprint density at radius 2 is 1.71 bits per heavy atom. The summed E-state index contributed by atoms with van der Waals surface area (Å²) in [5.74, 6) is -0.438. The number of hydrogen-bond acceptors (Lipinski definition) is 3. The van der Waals surface area contributed by atoms with Gasteiger partial charge in [-0.05, 0) is 18.4 Å². The Hall–Kier alpha value is -2.88. The molecule has 0 spiro atoms. The van der Waals surface area contributed by atoms with Gasteiger partial charge in [0, 0.05) is 18.3 Å². The highest BCUT2D eigenvalue weighted by molar-refractivity contribution is 6.16. The summed E-state index contributed by atoms with van der Waals surface area (Å²) in [4.78, 5) is 14.7. The Bertz CT molecular complexity index is 754. The fourth-order valence-electron chi connectivity index (χ4n) is 3.17. The third kappa shape index (κ3) is 3.08. The largest absolute Gasteiger partial charge is 0.506 e. The number of carbonyl (C=O) groups excluding carboxylic acids is 1. The molecule has 1 atom stereocenters. The average Bonchev–Trinajstić information content (AvgIpc) is 3.13. The molecule has 24 heavy (non-hydrogen) atoms. The normalized spacial score (nSPS) is 18.2. The highest BCUT2D eigenvalue weighted by atomic mass is 16.3. The average molecular weight is 320 g/mol. The minimum absolute atomic E-state index is 0.00257. The van der Waals surface area contributed by atoms with E-state index in [0.717, 1.165) is 24.6 Å². The number of hydrogen-bond donors (Lipinski definition) is 2. The van der Waals surface area contributed by atoms with Crippen LogP contribution in [0.15, 0.2) is 66.2 Å². The van der Waals surface area contributed by atoms with Gasteiger partial charge in [-0.25, -0.2) is 0 Å². The number of carbonyl (C=O) groups is 1. The van der Waals surface area contributed by atoms with Gasteiger partial charge in [-0.3, -0.25) is 4.79 Å². The molecule has 1 aliphatic heterocycles. The van der Waals surface area contributed by atoms with E-state index < -0.39 is 0 Å². The minimum atomic E-state index is -0.294. The van der Waals surface area contributed by atoms with Gasteiger partial charge < -0.3 is 15.4 Å². The van der Waals surface area contributed by atoms with Crippen molar-refractivity contribution in [2.75, 3.05) is 6.54 Å². The Balaban J connectivity index is 1.93. The van der Waals surface area contributed by atoms with Gasteiger partial charge >= 0.3 is 0 Å². The van der Waals surface area contributed by atoms with Crippen LogP contribution in [0.3, 0.4) is 0 Å². The summed E-state index contributed by atoms with van der Waals surface area (Å²) in [7, 11) is 0. The minimum Gasteiger partial charge on any atom is -0.506 e. The van der Waals surface area contributed by atoms with Crippen LogP contribution in [0.2, 0.25) is 0 Å². The molecule has 122 valence electrons. The van der Waals surface area contributed by atoms with Crippen LogP contribution in [0, 0.1) is 5.41 Å². The summed E-state index contributed by atoms with van der Waals surface area (Å²) in [6.07, 6.45) is 2.76.